The Bertz CT molecular complexity index is 607. The van der Waals surface area contributed by atoms with Crippen LogP contribution in [0.5, 0.6) is 0 Å². The summed E-state index contributed by atoms with van der Waals surface area (Å²) < 4.78 is 1.46. The van der Waals surface area contributed by atoms with Gasteiger partial charge in [0.15, 0.2) is 11.9 Å². The molecule has 0 bridgehead atoms. The fraction of sp³-hybridized carbons (Fsp3) is 0.500. The van der Waals surface area contributed by atoms with E-state index in [0.717, 1.165) is 19.3 Å². The number of carbonyl (C=O) groups is 1. The van der Waals surface area contributed by atoms with Gasteiger partial charge >= 0.3 is 5.97 Å². The van der Waals surface area contributed by atoms with E-state index in [1.54, 1.807) is 0 Å². The van der Waals surface area contributed by atoms with E-state index >= 15 is 0 Å². The Labute approximate surface area is 130 Å². The van der Waals surface area contributed by atoms with Crippen LogP contribution in [0.3, 0.4) is 0 Å². The molecule has 2 aromatic rings. The number of unbranched alkanes of at least 4 members (excludes halogenated alkanes) is 1. The molecule has 1 aromatic heterocycles. The lowest BCUT2D eigenvalue weighted by Gasteiger charge is -2.13. The van der Waals surface area contributed by atoms with E-state index in [9.17, 15) is 9.90 Å². The standard InChI is InChI=1S/C16H22N4O2/c1-3-4-5-14(16(21)22)20-15(17-18-19-20)11-10-13-8-6-12(2)7-9-13/h6-9,14H,3-5,10-11H2,1-2H3,(H,21,22). The summed E-state index contributed by atoms with van der Waals surface area (Å²) in [7, 11) is 0. The number of nitrogens with zero attached hydrogens (tertiary/aromatic N) is 4. The van der Waals surface area contributed by atoms with E-state index in [-0.39, 0.29) is 0 Å². The maximum Gasteiger partial charge on any atom is 0.328 e. The van der Waals surface area contributed by atoms with Gasteiger partial charge in [-0.25, -0.2) is 9.48 Å². The molecule has 1 unspecified atom stereocenters. The van der Waals surface area contributed by atoms with Crippen LogP contribution in [0.4, 0.5) is 0 Å². The number of aromatic nitrogens is 4. The smallest absolute Gasteiger partial charge is 0.328 e. The topological polar surface area (TPSA) is 80.9 Å². The fourth-order valence-electron chi connectivity index (χ4n) is 2.38. The van der Waals surface area contributed by atoms with Gasteiger partial charge in [0, 0.05) is 6.42 Å². The molecule has 0 aliphatic rings. The zero-order valence-corrected chi connectivity index (χ0v) is 13.1. The van der Waals surface area contributed by atoms with Gasteiger partial charge in [-0.2, -0.15) is 0 Å². The van der Waals surface area contributed by atoms with Crippen molar-refractivity contribution in [1.82, 2.24) is 20.2 Å². The van der Waals surface area contributed by atoms with Crippen LogP contribution in [0.25, 0.3) is 0 Å². The Morgan fingerprint density at radius 1 is 1.27 bits per heavy atom. The van der Waals surface area contributed by atoms with Crippen molar-refractivity contribution in [2.24, 2.45) is 0 Å². The van der Waals surface area contributed by atoms with Gasteiger partial charge in [0.25, 0.3) is 0 Å². The number of hydrogen-bond acceptors (Lipinski definition) is 4. The highest BCUT2D eigenvalue weighted by molar-refractivity contribution is 5.71. The Hall–Kier alpha value is -2.24. The number of carboxylic acid groups (broad SMARTS) is 1. The third-order valence-corrected chi connectivity index (χ3v) is 3.73. The summed E-state index contributed by atoms with van der Waals surface area (Å²) in [6.45, 7) is 4.09. The molecule has 0 spiro atoms. The zero-order valence-electron chi connectivity index (χ0n) is 13.1. The molecule has 22 heavy (non-hydrogen) atoms. The highest BCUT2D eigenvalue weighted by Gasteiger charge is 2.23. The number of benzene rings is 1. The molecule has 0 radical (unpaired) electrons. The van der Waals surface area contributed by atoms with E-state index < -0.39 is 12.0 Å². The van der Waals surface area contributed by atoms with E-state index in [4.69, 9.17) is 0 Å². The largest absolute Gasteiger partial charge is 0.480 e. The van der Waals surface area contributed by atoms with Crippen LogP contribution in [0.1, 0.15) is 49.2 Å². The predicted octanol–water partition coefficient (Wildman–Crippen LogP) is 2.58. The van der Waals surface area contributed by atoms with Crippen LogP contribution < -0.4 is 0 Å². The minimum Gasteiger partial charge on any atom is -0.480 e. The van der Waals surface area contributed by atoms with Crippen molar-refractivity contribution in [3.05, 3.63) is 41.2 Å². The molecule has 0 saturated carbocycles. The van der Waals surface area contributed by atoms with Crippen molar-refractivity contribution < 1.29 is 9.90 Å². The van der Waals surface area contributed by atoms with Gasteiger partial charge < -0.3 is 5.11 Å². The molecule has 1 heterocycles. The molecule has 118 valence electrons. The van der Waals surface area contributed by atoms with Crippen LogP contribution in [0.2, 0.25) is 0 Å². The summed E-state index contributed by atoms with van der Waals surface area (Å²) in [5.41, 5.74) is 2.42. The second kappa shape index (κ2) is 7.68. The SMILES string of the molecule is CCCCC(C(=O)O)n1nnnc1CCc1ccc(C)cc1. The molecular weight excluding hydrogens is 280 g/mol. The number of tetrazole rings is 1. The highest BCUT2D eigenvalue weighted by atomic mass is 16.4. The number of hydrogen-bond donors (Lipinski definition) is 1. The normalized spacial score (nSPS) is 12.3. The fourth-order valence-corrected chi connectivity index (χ4v) is 2.38. The first-order valence-electron chi connectivity index (χ1n) is 7.67. The van der Waals surface area contributed by atoms with Crippen molar-refractivity contribution in [3.63, 3.8) is 0 Å². The van der Waals surface area contributed by atoms with Gasteiger partial charge in [-0.05, 0) is 35.8 Å². The van der Waals surface area contributed by atoms with E-state index in [0.29, 0.717) is 18.7 Å². The zero-order chi connectivity index (χ0) is 15.9. The van der Waals surface area contributed by atoms with Crippen molar-refractivity contribution in [2.75, 3.05) is 0 Å². The van der Waals surface area contributed by atoms with Crippen LogP contribution in [-0.2, 0) is 17.6 Å². The third kappa shape index (κ3) is 4.13. The van der Waals surface area contributed by atoms with Crippen molar-refractivity contribution in [2.45, 2.75) is 52.0 Å². The molecule has 0 saturated heterocycles. The number of aliphatic carboxylic acids is 1. The summed E-state index contributed by atoms with van der Waals surface area (Å²) in [6.07, 6.45) is 3.76. The maximum absolute atomic E-state index is 11.5. The summed E-state index contributed by atoms with van der Waals surface area (Å²) in [6, 6.07) is 7.62. The molecule has 0 aliphatic carbocycles. The lowest BCUT2D eigenvalue weighted by molar-refractivity contribution is -0.141. The van der Waals surface area contributed by atoms with E-state index in [2.05, 4.69) is 46.7 Å². The highest BCUT2D eigenvalue weighted by Crippen LogP contribution is 2.17. The molecule has 6 heteroatoms. The summed E-state index contributed by atoms with van der Waals surface area (Å²) in [4.78, 5) is 11.5. The van der Waals surface area contributed by atoms with Crippen LogP contribution in [0.15, 0.2) is 24.3 Å². The Morgan fingerprint density at radius 2 is 2.00 bits per heavy atom. The second-order valence-corrected chi connectivity index (χ2v) is 5.52. The number of carboxylic acids is 1. The Morgan fingerprint density at radius 3 is 2.64 bits per heavy atom. The van der Waals surface area contributed by atoms with Crippen molar-refractivity contribution >= 4 is 5.97 Å². The molecule has 0 amide bonds. The summed E-state index contributed by atoms with van der Waals surface area (Å²) in [5.74, 6) is -0.249. The first kappa shape index (κ1) is 16.1. The number of rotatable bonds is 8. The number of aryl methyl sites for hydroxylation is 3. The van der Waals surface area contributed by atoms with Gasteiger partial charge in [-0.1, -0.05) is 49.6 Å². The van der Waals surface area contributed by atoms with E-state index in [1.807, 2.05) is 6.92 Å². The van der Waals surface area contributed by atoms with E-state index in [1.165, 1.54) is 15.8 Å². The van der Waals surface area contributed by atoms with Gasteiger partial charge in [0.2, 0.25) is 0 Å². The van der Waals surface area contributed by atoms with Crippen LogP contribution in [-0.4, -0.2) is 31.3 Å². The first-order chi connectivity index (χ1) is 10.6. The quantitative estimate of drug-likeness (QED) is 0.810. The molecule has 1 N–H and O–H groups in total. The molecule has 6 nitrogen and oxygen atoms in total. The summed E-state index contributed by atoms with van der Waals surface area (Å²) >= 11 is 0. The van der Waals surface area contributed by atoms with Crippen molar-refractivity contribution in [1.29, 1.82) is 0 Å². The average molecular weight is 302 g/mol. The lowest BCUT2D eigenvalue weighted by atomic mass is 10.1. The molecule has 1 atom stereocenters. The average Bonchev–Trinajstić information content (AvgIpc) is 2.95. The molecule has 1 aromatic carbocycles. The monoisotopic (exact) mass is 302 g/mol. The van der Waals surface area contributed by atoms with Crippen LogP contribution >= 0.6 is 0 Å². The second-order valence-electron chi connectivity index (χ2n) is 5.52. The lowest BCUT2D eigenvalue weighted by Crippen LogP contribution is -2.22. The molecular formula is C16H22N4O2. The Balaban J connectivity index is 2.07. The van der Waals surface area contributed by atoms with Gasteiger partial charge in [-0.3, -0.25) is 0 Å². The summed E-state index contributed by atoms with van der Waals surface area (Å²) in [5, 5.41) is 20.9. The van der Waals surface area contributed by atoms with Crippen molar-refractivity contribution in [3.8, 4) is 0 Å². The molecule has 0 aliphatic heterocycles. The maximum atomic E-state index is 11.5. The predicted molar refractivity (Wildman–Crippen MR) is 82.6 cm³/mol. The molecule has 0 fully saturated rings. The minimum atomic E-state index is -0.877. The minimum absolute atomic E-state index is 0.550. The first-order valence-corrected chi connectivity index (χ1v) is 7.67. The Kier molecular flexibility index (Phi) is 5.63. The van der Waals surface area contributed by atoms with Gasteiger partial charge in [0.05, 0.1) is 0 Å². The van der Waals surface area contributed by atoms with Crippen LogP contribution in [0, 0.1) is 6.92 Å². The third-order valence-electron chi connectivity index (χ3n) is 3.73. The van der Waals surface area contributed by atoms with Gasteiger partial charge in [-0.15, -0.1) is 5.10 Å². The van der Waals surface area contributed by atoms with Gasteiger partial charge in [0.1, 0.15) is 0 Å². The molecule has 2 rings (SSSR count).